The van der Waals surface area contributed by atoms with Crippen LogP contribution >= 0.6 is 0 Å². The molecular formula is C10H16N2. The smallest absolute Gasteiger partial charge is 0.0277 e. The Morgan fingerprint density at radius 2 is 2.33 bits per heavy atom. The highest BCUT2D eigenvalue weighted by atomic mass is 14.8. The van der Waals surface area contributed by atoms with E-state index in [0.717, 1.165) is 18.7 Å². The molecule has 0 amide bonds. The van der Waals surface area contributed by atoms with E-state index < -0.39 is 0 Å². The van der Waals surface area contributed by atoms with Crippen LogP contribution in [-0.4, -0.2) is 26.4 Å². The van der Waals surface area contributed by atoms with Crippen molar-refractivity contribution < 1.29 is 0 Å². The first-order valence-electron chi connectivity index (χ1n) is 4.09. The third-order valence-corrected chi connectivity index (χ3v) is 1.28. The molecule has 0 atom stereocenters. The lowest BCUT2D eigenvalue weighted by Gasteiger charge is -1.99. The molecule has 0 aliphatic heterocycles. The van der Waals surface area contributed by atoms with E-state index in [4.69, 9.17) is 0 Å². The largest absolute Gasteiger partial charge is 0.313 e. The molecule has 0 saturated carbocycles. The van der Waals surface area contributed by atoms with E-state index in [2.05, 4.69) is 29.1 Å². The van der Waals surface area contributed by atoms with Crippen LogP contribution in [0.5, 0.6) is 0 Å². The Morgan fingerprint density at radius 1 is 1.58 bits per heavy atom. The Morgan fingerprint density at radius 3 is 2.83 bits per heavy atom. The summed E-state index contributed by atoms with van der Waals surface area (Å²) in [5.74, 6) is 5.72. The fourth-order valence-electron chi connectivity index (χ4n) is 0.734. The zero-order chi connectivity index (χ0) is 9.23. The van der Waals surface area contributed by atoms with Gasteiger partial charge in [-0.15, -0.1) is 5.92 Å². The molecule has 66 valence electrons. The summed E-state index contributed by atoms with van der Waals surface area (Å²) in [7, 11) is 1.76. The molecule has 12 heavy (non-hydrogen) atoms. The Labute approximate surface area is 74.8 Å². The van der Waals surface area contributed by atoms with Crippen molar-refractivity contribution in [1.82, 2.24) is 5.32 Å². The summed E-state index contributed by atoms with van der Waals surface area (Å²) in [6.45, 7) is 5.70. The molecule has 0 aliphatic rings. The van der Waals surface area contributed by atoms with E-state index in [-0.39, 0.29) is 0 Å². The van der Waals surface area contributed by atoms with Gasteiger partial charge in [0, 0.05) is 19.8 Å². The molecule has 0 fully saturated rings. The van der Waals surface area contributed by atoms with Crippen molar-refractivity contribution in [2.24, 2.45) is 4.99 Å². The highest BCUT2D eigenvalue weighted by Crippen LogP contribution is 1.86. The van der Waals surface area contributed by atoms with E-state index in [9.17, 15) is 0 Å². The number of nitrogens with one attached hydrogen (secondary N) is 1. The topological polar surface area (TPSA) is 24.4 Å². The summed E-state index contributed by atoms with van der Waals surface area (Å²) in [6.07, 6.45) is 3.71. The molecule has 0 bridgehead atoms. The highest BCUT2D eigenvalue weighted by molar-refractivity contribution is 5.79. The van der Waals surface area contributed by atoms with E-state index in [1.807, 2.05) is 19.2 Å². The first kappa shape index (κ1) is 10.9. The second-order valence-electron chi connectivity index (χ2n) is 2.28. The monoisotopic (exact) mass is 164 g/mol. The number of hydrogen-bond acceptors (Lipinski definition) is 2. The van der Waals surface area contributed by atoms with E-state index in [1.54, 1.807) is 7.05 Å². The number of aliphatic imine (C=N–C) groups is 1. The third kappa shape index (κ3) is 5.70. The van der Waals surface area contributed by atoms with Gasteiger partial charge >= 0.3 is 0 Å². The molecule has 0 saturated heterocycles. The van der Waals surface area contributed by atoms with Gasteiger partial charge in [0.25, 0.3) is 0 Å². The lowest BCUT2D eigenvalue weighted by molar-refractivity contribution is 0.790. The van der Waals surface area contributed by atoms with E-state index >= 15 is 0 Å². The maximum Gasteiger partial charge on any atom is 0.0277 e. The summed E-state index contributed by atoms with van der Waals surface area (Å²) in [5, 5.41) is 3.21. The minimum absolute atomic E-state index is 0.836. The maximum absolute atomic E-state index is 3.94. The van der Waals surface area contributed by atoms with Crippen molar-refractivity contribution in [2.45, 2.75) is 13.8 Å². The van der Waals surface area contributed by atoms with Gasteiger partial charge in [-0.1, -0.05) is 12.8 Å². The molecule has 0 spiro atoms. The zero-order valence-electron chi connectivity index (χ0n) is 8.02. The van der Waals surface area contributed by atoms with Crippen molar-refractivity contribution in [3.8, 4) is 11.8 Å². The second kappa shape index (κ2) is 8.03. The van der Waals surface area contributed by atoms with Crippen LogP contribution in [0.2, 0.25) is 0 Å². The van der Waals surface area contributed by atoms with Crippen molar-refractivity contribution in [2.75, 3.05) is 20.1 Å². The summed E-state index contributed by atoms with van der Waals surface area (Å²) >= 11 is 0. The SMILES string of the molecule is CC#C/C=C(\C=N/C)CNCC. The number of allylic oxidation sites excluding steroid dienone is 1. The summed E-state index contributed by atoms with van der Waals surface area (Å²) in [6, 6.07) is 0. The van der Waals surface area contributed by atoms with Gasteiger partial charge in [-0.25, -0.2) is 0 Å². The predicted molar refractivity (Wildman–Crippen MR) is 54.5 cm³/mol. The fourth-order valence-corrected chi connectivity index (χ4v) is 0.734. The van der Waals surface area contributed by atoms with Crippen molar-refractivity contribution in [1.29, 1.82) is 0 Å². The normalized spacial score (nSPS) is 11.4. The second-order valence-corrected chi connectivity index (χ2v) is 2.28. The molecule has 2 nitrogen and oxygen atoms in total. The van der Waals surface area contributed by atoms with Crippen LogP contribution in [0.1, 0.15) is 13.8 Å². The molecular weight excluding hydrogens is 148 g/mol. The van der Waals surface area contributed by atoms with Crippen molar-refractivity contribution in [3.05, 3.63) is 11.6 Å². The van der Waals surface area contributed by atoms with Gasteiger partial charge in [0.1, 0.15) is 0 Å². The van der Waals surface area contributed by atoms with Crippen LogP contribution in [0, 0.1) is 11.8 Å². The number of hydrogen-bond donors (Lipinski definition) is 1. The van der Waals surface area contributed by atoms with Gasteiger partial charge in [-0.05, 0) is 25.1 Å². The Hall–Kier alpha value is -1.07. The van der Waals surface area contributed by atoms with Crippen LogP contribution < -0.4 is 5.32 Å². The molecule has 0 aliphatic carbocycles. The molecule has 0 aromatic rings. The molecule has 2 heteroatoms. The van der Waals surface area contributed by atoms with Gasteiger partial charge in [0.05, 0.1) is 0 Å². The quantitative estimate of drug-likeness (QED) is 0.491. The van der Waals surface area contributed by atoms with Crippen molar-refractivity contribution >= 4 is 6.21 Å². The van der Waals surface area contributed by atoms with Gasteiger partial charge in [-0.2, -0.15) is 0 Å². The fraction of sp³-hybridized carbons (Fsp3) is 0.500. The third-order valence-electron chi connectivity index (χ3n) is 1.28. The molecule has 0 unspecified atom stereocenters. The van der Waals surface area contributed by atoms with E-state index in [1.165, 1.54) is 0 Å². The number of nitrogens with zero attached hydrogens (tertiary/aromatic N) is 1. The lowest BCUT2D eigenvalue weighted by Crippen LogP contribution is -2.16. The maximum atomic E-state index is 3.94. The number of likely N-dealkylation sites (N-methyl/N-ethyl adjacent to an activating group) is 1. The first-order chi connectivity index (χ1) is 5.85. The van der Waals surface area contributed by atoms with Crippen LogP contribution in [0.25, 0.3) is 0 Å². The average Bonchev–Trinajstić information content (AvgIpc) is 2.10. The molecule has 0 aromatic carbocycles. The molecule has 0 radical (unpaired) electrons. The first-order valence-corrected chi connectivity index (χ1v) is 4.09. The van der Waals surface area contributed by atoms with Gasteiger partial charge in [0.15, 0.2) is 0 Å². The molecule has 0 heterocycles. The van der Waals surface area contributed by atoms with Gasteiger partial charge in [-0.3, -0.25) is 4.99 Å². The number of rotatable bonds is 4. The summed E-state index contributed by atoms with van der Waals surface area (Å²) < 4.78 is 0. The standard InChI is InChI=1S/C10H16N2/c1-4-6-7-10(8-11-3)9-12-5-2/h7-8,12H,5,9H2,1-3H3/b10-7+,11-8-. The Balaban J connectivity index is 4.09. The van der Waals surface area contributed by atoms with Crippen LogP contribution in [0.15, 0.2) is 16.6 Å². The van der Waals surface area contributed by atoms with E-state index in [0.29, 0.717) is 0 Å². The molecule has 1 N–H and O–H groups in total. The highest BCUT2D eigenvalue weighted by Gasteiger charge is 1.88. The van der Waals surface area contributed by atoms with Crippen molar-refractivity contribution in [3.63, 3.8) is 0 Å². The Kier molecular flexibility index (Phi) is 7.31. The van der Waals surface area contributed by atoms with Gasteiger partial charge in [0.2, 0.25) is 0 Å². The predicted octanol–water partition coefficient (Wildman–Crippen LogP) is 1.25. The van der Waals surface area contributed by atoms with Gasteiger partial charge < -0.3 is 5.32 Å². The van der Waals surface area contributed by atoms with Crippen LogP contribution in [0.4, 0.5) is 0 Å². The summed E-state index contributed by atoms with van der Waals surface area (Å²) in [4.78, 5) is 3.94. The average molecular weight is 164 g/mol. The zero-order valence-corrected chi connectivity index (χ0v) is 8.02. The molecule has 0 aromatic heterocycles. The summed E-state index contributed by atoms with van der Waals surface area (Å²) in [5.41, 5.74) is 1.12. The minimum atomic E-state index is 0.836. The van der Waals surface area contributed by atoms with Crippen LogP contribution in [-0.2, 0) is 0 Å². The lowest BCUT2D eigenvalue weighted by atomic mass is 10.2. The molecule has 0 rings (SSSR count). The Bertz CT molecular complexity index is 216. The minimum Gasteiger partial charge on any atom is -0.313 e. The van der Waals surface area contributed by atoms with Crippen LogP contribution in [0.3, 0.4) is 0 Å².